The molecule has 0 aliphatic carbocycles. The number of hydrogen-bond acceptors (Lipinski definition) is 4. The minimum atomic E-state index is -3.79. The Balaban J connectivity index is 1.90. The van der Waals surface area contributed by atoms with E-state index in [2.05, 4.69) is 9.62 Å². The number of sulfonamides is 1. The summed E-state index contributed by atoms with van der Waals surface area (Å²) in [7, 11) is -3.79. The van der Waals surface area contributed by atoms with Gasteiger partial charge in [0, 0.05) is 18.8 Å². The first-order valence-electron chi connectivity index (χ1n) is 8.09. The summed E-state index contributed by atoms with van der Waals surface area (Å²) in [6, 6.07) is 9.34. The Bertz CT molecular complexity index is 878. The number of morpholine rings is 1. The fraction of sp³-hybridized carbons (Fsp3) is 0.333. The molecule has 0 atom stereocenters. The van der Waals surface area contributed by atoms with Crippen LogP contribution in [0.25, 0.3) is 0 Å². The van der Waals surface area contributed by atoms with Crippen molar-refractivity contribution in [3.8, 4) is 0 Å². The van der Waals surface area contributed by atoms with Gasteiger partial charge >= 0.3 is 0 Å². The second-order valence-electron chi connectivity index (χ2n) is 6.11. The van der Waals surface area contributed by atoms with Crippen molar-refractivity contribution in [3.63, 3.8) is 0 Å². The molecule has 7 heteroatoms. The molecule has 25 heavy (non-hydrogen) atoms. The lowest BCUT2D eigenvalue weighted by molar-refractivity contribution is 0.122. The number of hydrogen-bond donors (Lipinski definition) is 1. The molecule has 0 aromatic heterocycles. The van der Waals surface area contributed by atoms with Gasteiger partial charge in [0.05, 0.1) is 23.8 Å². The molecule has 134 valence electrons. The van der Waals surface area contributed by atoms with Crippen LogP contribution < -0.4 is 9.62 Å². The second kappa shape index (κ2) is 7.01. The maximum absolute atomic E-state index is 13.3. The molecule has 1 aliphatic rings. The zero-order valence-corrected chi connectivity index (χ0v) is 15.1. The van der Waals surface area contributed by atoms with E-state index in [4.69, 9.17) is 4.74 Å². The van der Waals surface area contributed by atoms with Crippen LogP contribution >= 0.6 is 0 Å². The van der Waals surface area contributed by atoms with Gasteiger partial charge < -0.3 is 9.64 Å². The van der Waals surface area contributed by atoms with Crippen molar-refractivity contribution < 1.29 is 17.5 Å². The third-order valence-corrected chi connectivity index (χ3v) is 5.79. The van der Waals surface area contributed by atoms with Gasteiger partial charge in [-0.1, -0.05) is 6.07 Å². The summed E-state index contributed by atoms with van der Waals surface area (Å²) in [6.45, 7) is 6.28. The lowest BCUT2D eigenvalue weighted by atomic mass is 10.1. The SMILES string of the molecule is Cc1ccc(N2CCOCC2)cc1NS(=O)(=O)c1ccc(F)cc1C. The maximum atomic E-state index is 13.3. The highest BCUT2D eigenvalue weighted by atomic mass is 32.2. The summed E-state index contributed by atoms with van der Waals surface area (Å²) in [4.78, 5) is 2.23. The molecule has 0 unspecified atom stereocenters. The molecule has 0 amide bonds. The van der Waals surface area contributed by atoms with E-state index in [1.807, 2.05) is 25.1 Å². The number of rotatable bonds is 4. The molecule has 0 bridgehead atoms. The lowest BCUT2D eigenvalue weighted by Gasteiger charge is -2.29. The predicted molar refractivity (Wildman–Crippen MR) is 96.2 cm³/mol. The standard InChI is InChI=1S/C18H21FN2O3S/c1-13-3-5-16(21-7-9-24-10-8-21)12-17(13)20-25(22,23)18-6-4-15(19)11-14(18)2/h3-6,11-12,20H,7-10H2,1-2H3. The molecule has 2 aromatic carbocycles. The number of nitrogens with one attached hydrogen (secondary N) is 1. The average molecular weight is 364 g/mol. The Morgan fingerprint density at radius 3 is 2.44 bits per heavy atom. The largest absolute Gasteiger partial charge is 0.378 e. The molecule has 0 saturated carbocycles. The van der Waals surface area contributed by atoms with Gasteiger partial charge in [-0.05, 0) is 55.3 Å². The summed E-state index contributed by atoms with van der Waals surface area (Å²) in [5.41, 5.74) is 2.66. The van der Waals surface area contributed by atoms with Crippen LogP contribution in [0.3, 0.4) is 0 Å². The summed E-state index contributed by atoms with van der Waals surface area (Å²) >= 11 is 0. The number of nitrogens with zero attached hydrogens (tertiary/aromatic N) is 1. The number of anilines is 2. The molecule has 1 aliphatic heterocycles. The first kappa shape index (κ1) is 17.7. The fourth-order valence-corrected chi connectivity index (χ4v) is 4.20. The highest BCUT2D eigenvalue weighted by Crippen LogP contribution is 2.27. The maximum Gasteiger partial charge on any atom is 0.262 e. The minimum Gasteiger partial charge on any atom is -0.378 e. The molecule has 0 spiro atoms. The summed E-state index contributed by atoms with van der Waals surface area (Å²) < 4.78 is 46.7. The highest BCUT2D eigenvalue weighted by molar-refractivity contribution is 7.92. The van der Waals surface area contributed by atoms with Gasteiger partial charge in [0.1, 0.15) is 5.82 Å². The number of aryl methyl sites for hydroxylation is 2. The molecule has 3 rings (SSSR count). The molecule has 2 aromatic rings. The smallest absolute Gasteiger partial charge is 0.262 e. The Hall–Kier alpha value is -2.12. The van der Waals surface area contributed by atoms with Crippen LogP contribution in [0.5, 0.6) is 0 Å². The molecule has 1 heterocycles. The van der Waals surface area contributed by atoms with Gasteiger partial charge in [-0.3, -0.25) is 4.72 Å². The Morgan fingerprint density at radius 1 is 1.04 bits per heavy atom. The minimum absolute atomic E-state index is 0.0741. The molecular formula is C18H21FN2O3S. The van der Waals surface area contributed by atoms with E-state index in [0.29, 0.717) is 24.5 Å². The summed E-state index contributed by atoms with van der Waals surface area (Å²) in [6.07, 6.45) is 0. The van der Waals surface area contributed by atoms with Crippen molar-refractivity contribution >= 4 is 21.4 Å². The molecule has 1 N–H and O–H groups in total. The number of ether oxygens (including phenoxy) is 1. The van der Waals surface area contributed by atoms with Gasteiger partial charge in [0.25, 0.3) is 10.0 Å². The van der Waals surface area contributed by atoms with Crippen LogP contribution in [0.1, 0.15) is 11.1 Å². The van der Waals surface area contributed by atoms with Gasteiger partial charge in [-0.25, -0.2) is 12.8 Å². The Morgan fingerprint density at radius 2 is 1.76 bits per heavy atom. The Labute approximate surface area is 147 Å². The first-order valence-corrected chi connectivity index (χ1v) is 9.57. The van der Waals surface area contributed by atoms with Crippen molar-refractivity contribution in [2.45, 2.75) is 18.7 Å². The van der Waals surface area contributed by atoms with Crippen molar-refractivity contribution in [3.05, 3.63) is 53.3 Å². The van der Waals surface area contributed by atoms with E-state index < -0.39 is 15.8 Å². The fourth-order valence-electron chi connectivity index (χ4n) is 2.85. The number of benzene rings is 2. The van der Waals surface area contributed by atoms with Crippen molar-refractivity contribution in [2.24, 2.45) is 0 Å². The van der Waals surface area contributed by atoms with Crippen LogP contribution in [-0.4, -0.2) is 34.7 Å². The van der Waals surface area contributed by atoms with Crippen molar-refractivity contribution in [1.29, 1.82) is 0 Å². The molecule has 1 fully saturated rings. The van der Waals surface area contributed by atoms with Gasteiger partial charge in [-0.2, -0.15) is 0 Å². The highest BCUT2D eigenvalue weighted by Gasteiger charge is 2.19. The van der Waals surface area contributed by atoms with E-state index >= 15 is 0 Å². The van der Waals surface area contributed by atoms with Crippen LogP contribution in [0.4, 0.5) is 15.8 Å². The van der Waals surface area contributed by atoms with Crippen LogP contribution in [0, 0.1) is 19.7 Å². The quantitative estimate of drug-likeness (QED) is 0.906. The average Bonchev–Trinajstić information content (AvgIpc) is 2.57. The van der Waals surface area contributed by atoms with Crippen molar-refractivity contribution in [2.75, 3.05) is 35.9 Å². The molecule has 1 saturated heterocycles. The normalized spacial score (nSPS) is 15.2. The third-order valence-electron chi connectivity index (χ3n) is 4.27. The van der Waals surface area contributed by atoms with E-state index in [1.165, 1.54) is 12.1 Å². The molecule has 0 radical (unpaired) electrons. The molecule has 5 nitrogen and oxygen atoms in total. The third kappa shape index (κ3) is 3.93. The Kier molecular flexibility index (Phi) is 4.96. The van der Waals surface area contributed by atoms with E-state index in [-0.39, 0.29) is 4.90 Å². The van der Waals surface area contributed by atoms with Crippen molar-refractivity contribution in [1.82, 2.24) is 0 Å². The van der Waals surface area contributed by atoms with E-state index in [9.17, 15) is 12.8 Å². The zero-order valence-electron chi connectivity index (χ0n) is 14.3. The topological polar surface area (TPSA) is 58.6 Å². The monoisotopic (exact) mass is 364 g/mol. The number of halogens is 1. The zero-order chi connectivity index (χ0) is 18.0. The van der Waals surface area contributed by atoms with Crippen LogP contribution in [0.15, 0.2) is 41.3 Å². The van der Waals surface area contributed by atoms with Crippen LogP contribution in [0.2, 0.25) is 0 Å². The molecular weight excluding hydrogens is 343 g/mol. The summed E-state index contributed by atoms with van der Waals surface area (Å²) in [5.74, 6) is -0.457. The van der Waals surface area contributed by atoms with E-state index in [0.717, 1.165) is 30.4 Å². The van der Waals surface area contributed by atoms with Gasteiger partial charge in [-0.15, -0.1) is 0 Å². The van der Waals surface area contributed by atoms with Crippen LogP contribution in [-0.2, 0) is 14.8 Å². The van der Waals surface area contributed by atoms with Gasteiger partial charge in [0.15, 0.2) is 0 Å². The second-order valence-corrected chi connectivity index (χ2v) is 7.76. The predicted octanol–water partition coefficient (Wildman–Crippen LogP) is 3.08. The summed E-state index contributed by atoms with van der Waals surface area (Å²) in [5, 5.41) is 0. The first-order chi connectivity index (χ1) is 11.9. The van der Waals surface area contributed by atoms with Gasteiger partial charge in [0.2, 0.25) is 0 Å². The lowest BCUT2D eigenvalue weighted by Crippen LogP contribution is -2.36. The van der Waals surface area contributed by atoms with E-state index in [1.54, 1.807) is 6.92 Å².